The van der Waals surface area contributed by atoms with Crippen molar-refractivity contribution in [3.63, 3.8) is 0 Å². The Morgan fingerprint density at radius 3 is 2.47 bits per heavy atom. The van der Waals surface area contributed by atoms with Crippen molar-refractivity contribution in [1.29, 1.82) is 10.5 Å². The second-order valence-corrected chi connectivity index (χ2v) is 6.41. The Morgan fingerprint density at radius 1 is 1.21 bits per heavy atom. The quantitative estimate of drug-likeness (QED) is 0.818. The van der Waals surface area contributed by atoms with Crippen molar-refractivity contribution in [3.8, 4) is 12.1 Å². The lowest BCUT2D eigenvalue weighted by atomic mass is 10.0. The Morgan fingerprint density at radius 2 is 1.89 bits per heavy atom. The summed E-state index contributed by atoms with van der Waals surface area (Å²) >= 11 is 0. The van der Waals surface area contributed by atoms with E-state index in [-0.39, 0.29) is 17.4 Å². The van der Waals surface area contributed by atoms with E-state index in [9.17, 15) is 8.42 Å². The number of hydrogen-bond donors (Lipinski definition) is 0. The Balaban J connectivity index is 2.26. The maximum atomic E-state index is 12.4. The number of benzene rings is 1. The van der Waals surface area contributed by atoms with E-state index in [4.69, 9.17) is 10.5 Å². The van der Waals surface area contributed by atoms with Gasteiger partial charge in [0.2, 0.25) is 10.0 Å². The Bertz CT molecular complexity index is 638. The van der Waals surface area contributed by atoms with Crippen molar-refractivity contribution in [2.75, 3.05) is 13.1 Å². The molecule has 6 heteroatoms. The Kier molecular flexibility index (Phi) is 3.84. The van der Waals surface area contributed by atoms with Gasteiger partial charge in [-0.3, -0.25) is 0 Å². The van der Waals surface area contributed by atoms with E-state index in [1.165, 1.54) is 28.6 Å². The summed E-state index contributed by atoms with van der Waals surface area (Å²) in [6.07, 6.45) is 1.45. The number of sulfonamides is 1. The molecular weight excluding hydrogens is 262 g/mol. The second kappa shape index (κ2) is 5.40. The van der Waals surface area contributed by atoms with Gasteiger partial charge in [0.25, 0.3) is 0 Å². The summed E-state index contributed by atoms with van der Waals surface area (Å²) in [4.78, 5) is 0.171. The lowest BCUT2D eigenvalue weighted by molar-refractivity contribution is 0.305. The lowest BCUT2D eigenvalue weighted by Crippen LogP contribution is -2.39. The van der Waals surface area contributed by atoms with Crippen LogP contribution in [0, 0.1) is 28.6 Å². The molecule has 1 saturated heterocycles. The van der Waals surface area contributed by atoms with Crippen LogP contribution in [0.1, 0.15) is 18.4 Å². The van der Waals surface area contributed by atoms with Gasteiger partial charge >= 0.3 is 0 Å². The highest BCUT2D eigenvalue weighted by Gasteiger charge is 2.30. The van der Waals surface area contributed by atoms with Crippen molar-refractivity contribution in [1.82, 2.24) is 4.31 Å². The van der Waals surface area contributed by atoms with Gasteiger partial charge in [-0.1, -0.05) is 0 Å². The predicted molar refractivity (Wildman–Crippen MR) is 68.3 cm³/mol. The highest BCUT2D eigenvalue weighted by molar-refractivity contribution is 7.89. The minimum atomic E-state index is -3.56. The topological polar surface area (TPSA) is 85.0 Å². The first-order valence-electron chi connectivity index (χ1n) is 5.98. The monoisotopic (exact) mass is 275 g/mol. The summed E-state index contributed by atoms with van der Waals surface area (Å²) in [7, 11) is -3.56. The summed E-state index contributed by atoms with van der Waals surface area (Å²) < 4.78 is 26.1. The average molecular weight is 275 g/mol. The fourth-order valence-corrected chi connectivity index (χ4v) is 3.64. The normalized spacial score (nSPS) is 20.4. The molecule has 0 saturated carbocycles. The van der Waals surface area contributed by atoms with Crippen LogP contribution in [0.15, 0.2) is 29.2 Å². The highest BCUT2D eigenvalue weighted by Crippen LogP contribution is 2.23. The van der Waals surface area contributed by atoms with Crippen molar-refractivity contribution in [2.45, 2.75) is 17.7 Å². The smallest absolute Gasteiger partial charge is 0.207 e. The maximum Gasteiger partial charge on any atom is 0.243 e. The highest BCUT2D eigenvalue weighted by atomic mass is 32.2. The van der Waals surface area contributed by atoms with Gasteiger partial charge in [0.05, 0.1) is 28.5 Å². The van der Waals surface area contributed by atoms with Gasteiger partial charge in [-0.25, -0.2) is 8.42 Å². The fraction of sp³-hybridized carbons (Fsp3) is 0.385. The molecule has 0 bridgehead atoms. The van der Waals surface area contributed by atoms with Gasteiger partial charge in [0, 0.05) is 13.1 Å². The van der Waals surface area contributed by atoms with Crippen molar-refractivity contribution >= 4 is 10.0 Å². The van der Waals surface area contributed by atoms with Gasteiger partial charge in [-0.2, -0.15) is 14.8 Å². The summed E-state index contributed by atoms with van der Waals surface area (Å²) in [5.41, 5.74) is 0.424. The first kappa shape index (κ1) is 13.5. The molecule has 98 valence electrons. The number of nitriles is 2. The molecule has 1 aromatic rings. The zero-order valence-corrected chi connectivity index (χ0v) is 11.1. The third kappa shape index (κ3) is 2.76. The number of rotatable bonds is 2. The van der Waals surface area contributed by atoms with Crippen LogP contribution in [-0.2, 0) is 10.0 Å². The minimum Gasteiger partial charge on any atom is -0.207 e. The molecule has 0 aromatic heterocycles. The van der Waals surface area contributed by atoms with Crippen LogP contribution >= 0.6 is 0 Å². The van der Waals surface area contributed by atoms with E-state index in [1.807, 2.05) is 6.07 Å². The van der Waals surface area contributed by atoms with Gasteiger partial charge < -0.3 is 0 Å². The predicted octanol–water partition coefficient (Wildman–Crippen LogP) is 1.48. The zero-order chi connectivity index (χ0) is 13.9. The minimum absolute atomic E-state index is 0.171. The molecule has 19 heavy (non-hydrogen) atoms. The van der Waals surface area contributed by atoms with Crippen molar-refractivity contribution < 1.29 is 8.42 Å². The van der Waals surface area contributed by atoms with E-state index < -0.39 is 10.0 Å². The molecule has 1 aromatic carbocycles. The molecule has 1 aliphatic rings. The van der Waals surface area contributed by atoms with E-state index in [1.54, 1.807) is 0 Å². The first-order chi connectivity index (χ1) is 9.07. The third-order valence-corrected chi connectivity index (χ3v) is 5.07. The fourth-order valence-electron chi connectivity index (χ4n) is 2.12. The molecule has 0 amide bonds. The second-order valence-electron chi connectivity index (χ2n) is 4.47. The third-order valence-electron chi connectivity index (χ3n) is 3.19. The molecule has 2 rings (SSSR count). The Hall–Kier alpha value is -1.89. The molecule has 0 spiro atoms. The van der Waals surface area contributed by atoms with Gasteiger partial charge in [0.1, 0.15) is 0 Å². The first-order valence-corrected chi connectivity index (χ1v) is 7.42. The van der Waals surface area contributed by atoms with Gasteiger partial charge in [-0.15, -0.1) is 0 Å². The molecule has 1 atom stereocenters. The average Bonchev–Trinajstić information content (AvgIpc) is 2.47. The van der Waals surface area contributed by atoms with Crippen molar-refractivity contribution in [3.05, 3.63) is 29.8 Å². The standard InChI is InChI=1S/C13H13N3O2S/c14-8-11-3-5-13(6-4-11)19(17,18)16-7-1-2-12(9-15)10-16/h3-6,12H,1-2,7,10H2. The number of nitrogens with zero attached hydrogens (tertiary/aromatic N) is 3. The SMILES string of the molecule is N#Cc1ccc(S(=O)(=O)N2CCCC(C#N)C2)cc1. The summed E-state index contributed by atoms with van der Waals surface area (Å²) in [6.45, 7) is 0.694. The molecule has 1 aliphatic heterocycles. The molecule has 5 nitrogen and oxygen atoms in total. The molecule has 1 unspecified atom stereocenters. The van der Waals surface area contributed by atoms with Crippen LogP contribution in [0.25, 0.3) is 0 Å². The van der Waals surface area contributed by atoms with E-state index in [0.29, 0.717) is 18.5 Å². The van der Waals surface area contributed by atoms with Crippen LogP contribution in [-0.4, -0.2) is 25.8 Å². The molecular formula is C13H13N3O2S. The largest absolute Gasteiger partial charge is 0.243 e. The molecule has 1 fully saturated rings. The van der Waals surface area contributed by atoms with Crippen LogP contribution in [0.4, 0.5) is 0 Å². The molecule has 0 N–H and O–H groups in total. The van der Waals surface area contributed by atoms with Crippen LogP contribution in [0.2, 0.25) is 0 Å². The van der Waals surface area contributed by atoms with E-state index in [2.05, 4.69) is 6.07 Å². The van der Waals surface area contributed by atoms with Crippen LogP contribution in [0.3, 0.4) is 0 Å². The Labute approximate surface area is 112 Å². The molecule has 1 heterocycles. The summed E-state index contributed by atoms with van der Waals surface area (Å²) in [5, 5.41) is 17.6. The number of hydrogen-bond acceptors (Lipinski definition) is 4. The van der Waals surface area contributed by atoms with E-state index >= 15 is 0 Å². The van der Waals surface area contributed by atoms with Crippen molar-refractivity contribution in [2.24, 2.45) is 5.92 Å². The molecule has 0 radical (unpaired) electrons. The lowest BCUT2D eigenvalue weighted by Gasteiger charge is -2.28. The van der Waals surface area contributed by atoms with Gasteiger partial charge in [0.15, 0.2) is 0 Å². The van der Waals surface area contributed by atoms with Crippen LogP contribution < -0.4 is 0 Å². The summed E-state index contributed by atoms with van der Waals surface area (Å²) in [6, 6.07) is 9.91. The number of piperidine rings is 1. The maximum absolute atomic E-state index is 12.4. The summed E-state index contributed by atoms with van der Waals surface area (Å²) in [5.74, 6) is -0.234. The zero-order valence-electron chi connectivity index (χ0n) is 10.3. The molecule has 0 aliphatic carbocycles. The van der Waals surface area contributed by atoms with Gasteiger partial charge in [-0.05, 0) is 37.1 Å². The van der Waals surface area contributed by atoms with Crippen LogP contribution in [0.5, 0.6) is 0 Å². The van der Waals surface area contributed by atoms with E-state index in [0.717, 1.165) is 6.42 Å².